The molecule has 8 atom stereocenters. The van der Waals surface area contributed by atoms with E-state index in [2.05, 4.69) is 5.32 Å². The van der Waals surface area contributed by atoms with Crippen LogP contribution in [0.15, 0.2) is 0 Å². The SMILES string of the molecule is C[C@@H]1C[C@@H](O)[C@H](O)[C@H](CNC(=O)[C@@]2(O)C[C@@H](O)[C@@H]3OC(C)(C)O[C@@H]3C2)O1. The number of nitrogens with one attached hydrogen (secondary N) is 1. The van der Waals surface area contributed by atoms with Crippen molar-refractivity contribution in [3.63, 3.8) is 0 Å². The molecule has 9 heteroatoms. The first-order valence-corrected chi connectivity index (χ1v) is 9.07. The van der Waals surface area contributed by atoms with E-state index in [9.17, 15) is 25.2 Å². The fraction of sp³-hybridized carbons (Fsp3) is 0.941. The van der Waals surface area contributed by atoms with Crippen LogP contribution in [0.3, 0.4) is 0 Å². The van der Waals surface area contributed by atoms with E-state index in [1.54, 1.807) is 20.8 Å². The van der Waals surface area contributed by atoms with Gasteiger partial charge in [0.25, 0.3) is 5.91 Å². The highest BCUT2D eigenvalue weighted by atomic mass is 16.8. The van der Waals surface area contributed by atoms with E-state index in [4.69, 9.17) is 14.2 Å². The van der Waals surface area contributed by atoms with Crippen molar-refractivity contribution in [1.82, 2.24) is 5.32 Å². The van der Waals surface area contributed by atoms with Crippen LogP contribution in [0.2, 0.25) is 0 Å². The maximum absolute atomic E-state index is 12.6. The van der Waals surface area contributed by atoms with Gasteiger partial charge in [0.05, 0.1) is 24.4 Å². The molecule has 2 heterocycles. The van der Waals surface area contributed by atoms with E-state index in [0.29, 0.717) is 6.42 Å². The summed E-state index contributed by atoms with van der Waals surface area (Å²) < 4.78 is 16.9. The zero-order valence-corrected chi connectivity index (χ0v) is 15.3. The van der Waals surface area contributed by atoms with Crippen LogP contribution in [0, 0.1) is 0 Å². The van der Waals surface area contributed by atoms with E-state index >= 15 is 0 Å². The smallest absolute Gasteiger partial charge is 0.252 e. The number of rotatable bonds is 3. The highest BCUT2D eigenvalue weighted by Gasteiger charge is 2.56. The van der Waals surface area contributed by atoms with E-state index in [1.807, 2.05) is 0 Å². The molecule has 0 unspecified atom stereocenters. The number of carbonyl (C=O) groups is 1. The fourth-order valence-electron chi connectivity index (χ4n) is 4.10. The molecule has 2 saturated heterocycles. The van der Waals surface area contributed by atoms with Crippen molar-refractivity contribution in [2.45, 2.75) is 94.1 Å². The average Bonchev–Trinajstić information content (AvgIpc) is 2.83. The third-order valence-electron chi connectivity index (χ3n) is 5.33. The van der Waals surface area contributed by atoms with Crippen molar-refractivity contribution in [3.8, 4) is 0 Å². The molecule has 9 nitrogen and oxygen atoms in total. The molecule has 150 valence electrons. The van der Waals surface area contributed by atoms with Crippen LogP contribution in [0.25, 0.3) is 0 Å². The maximum atomic E-state index is 12.6. The molecule has 0 aromatic heterocycles. The first-order chi connectivity index (χ1) is 12.0. The van der Waals surface area contributed by atoms with E-state index in [1.165, 1.54) is 0 Å². The summed E-state index contributed by atoms with van der Waals surface area (Å²) in [4.78, 5) is 12.6. The summed E-state index contributed by atoms with van der Waals surface area (Å²) >= 11 is 0. The van der Waals surface area contributed by atoms with Crippen LogP contribution < -0.4 is 5.32 Å². The lowest BCUT2D eigenvalue weighted by atomic mass is 9.79. The molecule has 0 aromatic carbocycles. The largest absolute Gasteiger partial charge is 0.390 e. The minimum absolute atomic E-state index is 0.00288. The first kappa shape index (κ1) is 19.9. The molecule has 1 amide bonds. The summed E-state index contributed by atoms with van der Waals surface area (Å²) in [6, 6.07) is 0. The van der Waals surface area contributed by atoms with Gasteiger partial charge in [-0.25, -0.2) is 0 Å². The number of carbonyl (C=O) groups excluding carboxylic acids is 1. The highest BCUT2D eigenvalue weighted by Crippen LogP contribution is 2.41. The van der Waals surface area contributed by atoms with Crippen molar-refractivity contribution in [2.24, 2.45) is 0 Å². The number of ether oxygens (including phenoxy) is 3. The molecule has 0 bridgehead atoms. The maximum Gasteiger partial charge on any atom is 0.252 e. The second kappa shape index (κ2) is 6.97. The molecule has 0 spiro atoms. The van der Waals surface area contributed by atoms with Crippen molar-refractivity contribution in [2.75, 3.05) is 6.54 Å². The number of fused-ring (bicyclic) bond motifs is 1. The summed E-state index contributed by atoms with van der Waals surface area (Å²) in [6.45, 7) is 5.14. The van der Waals surface area contributed by atoms with E-state index in [-0.39, 0.29) is 25.5 Å². The van der Waals surface area contributed by atoms with Gasteiger partial charge in [-0.1, -0.05) is 0 Å². The van der Waals surface area contributed by atoms with E-state index < -0.39 is 53.9 Å². The number of aliphatic hydroxyl groups is 4. The number of amides is 1. The Morgan fingerprint density at radius 1 is 1.15 bits per heavy atom. The van der Waals surface area contributed by atoms with Crippen LogP contribution in [-0.2, 0) is 19.0 Å². The molecule has 3 fully saturated rings. The normalized spacial score (nSPS) is 48.0. The van der Waals surface area contributed by atoms with Gasteiger partial charge >= 0.3 is 0 Å². The Morgan fingerprint density at radius 3 is 2.54 bits per heavy atom. The van der Waals surface area contributed by atoms with Crippen LogP contribution in [0.1, 0.15) is 40.0 Å². The third kappa shape index (κ3) is 3.89. The Balaban J connectivity index is 1.60. The molecule has 1 aliphatic carbocycles. The van der Waals surface area contributed by atoms with Crippen molar-refractivity contribution in [1.29, 1.82) is 0 Å². The van der Waals surface area contributed by atoms with Gasteiger partial charge in [-0.15, -0.1) is 0 Å². The highest BCUT2D eigenvalue weighted by molar-refractivity contribution is 5.85. The Bertz CT molecular complexity index is 543. The minimum Gasteiger partial charge on any atom is -0.390 e. The minimum atomic E-state index is -1.81. The lowest BCUT2D eigenvalue weighted by Crippen LogP contribution is -2.60. The number of hydrogen-bond acceptors (Lipinski definition) is 8. The molecular weight excluding hydrogens is 346 g/mol. The summed E-state index contributed by atoms with van der Waals surface area (Å²) in [5, 5.41) is 43.4. The monoisotopic (exact) mass is 375 g/mol. The van der Waals surface area contributed by atoms with Gasteiger partial charge in [-0.3, -0.25) is 4.79 Å². The average molecular weight is 375 g/mol. The van der Waals surface area contributed by atoms with Gasteiger partial charge in [0.2, 0.25) is 0 Å². The second-order valence-electron chi connectivity index (χ2n) is 8.13. The molecule has 0 radical (unpaired) electrons. The standard InChI is InChI=1S/C17H29NO8/c1-8-4-9(19)13(21)12(24-8)7-18-15(22)17(23)5-10(20)14-11(6-17)25-16(2,3)26-14/h8-14,19-21,23H,4-7H2,1-3H3,(H,18,22)/t8-,9-,10-,11-,12+,13+,14+,17-/m1/s1. The second-order valence-corrected chi connectivity index (χ2v) is 8.13. The summed E-state index contributed by atoms with van der Waals surface area (Å²) in [6.07, 6.45) is -5.14. The summed E-state index contributed by atoms with van der Waals surface area (Å²) in [5.41, 5.74) is -1.81. The predicted octanol–water partition coefficient (Wildman–Crippen LogP) is -1.59. The third-order valence-corrected chi connectivity index (χ3v) is 5.33. The number of aliphatic hydroxyl groups excluding tert-OH is 3. The van der Waals surface area contributed by atoms with Crippen molar-refractivity contribution < 1.29 is 39.4 Å². The molecular formula is C17H29NO8. The van der Waals surface area contributed by atoms with Crippen LogP contribution in [0.4, 0.5) is 0 Å². The van der Waals surface area contributed by atoms with Gasteiger partial charge < -0.3 is 40.0 Å². The molecule has 2 aliphatic heterocycles. The van der Waals surface area contributed by atoms with Gasteiger partial charge in [0, 0.05) is 25.8 Å². The van der Waals surface area contributed by atoms with Crippen molar-refractivity contribution in [3.05, 3.63) is 0 Å². The van der Waals surface area contributed by atoms with Crippen LogP contribution >= 0.6 is 0 Å². The topological polar surface area (TPSA) is 138 Å². The molecule has 3 aliphatic rings. The van der Waals surface area contributed by atoms with Crippen LogP contribution in [0.5, 0.6) is 0 Å². The zero-order valence-electron chi connectivity index (χ0n) is 15.3. The van der Waals surface area contributed by atoms with Crippen molar-refractivity contribution >= 4 is 5.91 Å². The van der Waals surface area contributed by atoms with Crippen LogP contribution in [-0.4, -0.2) is 87.0 Å². The Morgan fingerprint density at radius 2 is 1.85 bits per heavy atom. The zero-order chi connectivity index (χ0) is 19.3. The lowest BCUT2D eigenvalue weighted by molar-refractivity contribution is -0.170. The van der Waals surface area contributed by atoms with E-state index in [0.717, 1.165) is 0 Å². The predicted molar refractivity (Wildman–Crippen MR) is 88.0 cm³/mol. The summed E-state index contributed by atoms with van der Waals surface area (Å²) in [7, 11) is 0. The molecule has 3 rings (SSSR count). The Hall–Kier alpha value is -0.810. The van der Waals surface area contributed by atoms with Gasteiger partial charge in [0.15, 0.2) is 5.79 Å². The Kier molecular flexibility index (Phi) is 5.35. The Labute approximate surface area is 152 Å². The first-order valence-electron chi connectivity index (χ1n) is 9.07. The molecule has 5 N–H and O–H groups in total. The fourth-order valence-corrected chi connectivity index (χ4v) is 4.10. The van der Waals surface area contributed by atoms with Gasteiger partial charge in [-0.2, -0.15) is 0 Å². The lowest BCUT2D eigenvalue weighted by Gasteiger charge is -2.40. The summed E-state index contributed by atoms with van der Waals surface area (Å²) in [5.74, 6) is -1.56. The molecule has 0 aromatic rings. The quantitative estimate of drug-likeness (QED) is 0.398. The van der Waals surface area contributed by atoms with Gasteiger partial charge in [0.1, 0.15) is 23.9 Å². The molecule has 26 heavy (non-hydrogen) atoms. The van der Waals surface area contributed by atoms with Gasteiger partial charge in [-0.05, 0) is 20.8 Å². The molecule has 1 saturated carbocycles. The number of hydrogen-bond donors (Lipinski definition) is 5.